The average Bonchev–Trinajstić information content (AvgIpc) is 3.01. The van der Waals surface area contributed by atoms with E-state index in [9.17, 15) is 12.8 Å². The van der Waals surface area contributed by atoms with Gasteiger partial charge in [-0.25, -0.2) is 12.8 Å². The van der Waals surface area contributed by atoms with Crippen LogP contribution < -0.4 is 10.0 Å². The molecule has 2 N–H and O–H groups in total. The summed E-state index contributed by atoms with van der Waals surface area (Å²) >= 11 is 0. The fourth-order valence-electron chi connectivity index (χ4n) is 1.50. The minimum atomic E-state index is -3.45. The lowest BCUT2D eigenvalue weighted by atomic mass is 10.2. The van der Waals surface area contributed by atoms with E-state index in [1.165, 1.54) is 25.0 Å². The first-order valence-corrected chi connectivity index (χ1v) is 7.34. The lowest BCUT2D eigenvalue weighted by Crippen LogP contribution is -2.11. The molecule has 1 aromatic rings. The van der Waals surface area contributed by atoms with E-state index >= 15 is 0 Å². The highest BCUT2D eigenvalue weighted by Gasteiger charge is 2.20. The third-order valence-corrected chi connectivity index (χ3v) is 3.14. The Kier molecular flexibility index (Phi) is 3.24. The molecule has 0 amide bonds. The van der Waals surface area contributed by atoms with Crippen LogP contribution >= 0.6 is 0 Å². The molecule has 0 unspecified atom stereocenters. The molecule has 1 aliphatic carbocycles. The molecule has 0 spiro atoms. The van der Waals surface area contributed by atoms with Crippen LogP contribution in [0.5, 0.6) is 0 Å². The topological polar surface area (TPSA) is 58.2 Å². The maximum absolute atomic E-state index is 13.4. The molecule has 1 saturated carbocycles. The van der Waals surface area contributed by atoms with E-state index in [1.54, 1.807) is 6.07 Å². The molecule has 1 aliphatic rings. The van der Waals surface area contributed by atoms with Gasteiger partial charge in [0.1, 0.15) is 5.82 Å². The highest BCUT2D eigenvalue weighted by molar-refractivity contribution is 7.92. The lowest BCUT2D eigenvalue weighted by Gasteiger charge is -2.09. The van der Waals surface area contributed by atoms with Crippen LogP contribution in [0.3, 0.4) is 0 Å². The van der Waals surface area contributed by atoms with Gasteiger partial charge in [0.15, 0.2) is 0 Å². The molecule has 0 heterocycles. The molecule has 0 aromatic heterocycles. The van der Waals surface area contributed by atoms with Crippen LogP contribution in [0.4, 0.5) is 15.8 Å². The molecular formula is C11H15FN2O2S. The molecule has 6 heteroatoms. The second-order valence-electron chi connectivity index (χ2n) is 4.39. The van der Waals surface area contributed by atoms with Gasteiger partial charge in [0, 0.05) is 12.2 Å². The summed E-state index contributed by atoms with van der Waals surface area (Å²) in [5, 5.41) is 3.16. The van der Waals surface area contributed by atoms with Crippen LogP contribution in [0, 0.1) is 11.7 Å². The molecule has 1 fully saturated rings. The van der Waals surface area contributed by atoms with E-state index in [0.29, 0.717) is 5.92 Å². The third-order valence-electron chi connectivity index (χ3n) is 2.55. The summed E-state index contributed by atoms with van der Waals surface area (Å²) in [7, 11) is -3.45. The summed E-state index contributed by atoms with van der Waals surface area (Å²) in [6.07, 6.45) is 3.45. The van der Waals surface area contributed by atoms with Crippen molar-refractivity contribution in [3.05, 3.63) is 24.0 Å². The van der Waals surface area contributed by atoms with Gasteiger partial charge >= 0.3 is 0 Å². The first-order chi connectivity index (χ1) is 7.94. The van der Waals surface area contributed by atoms with Crippen molar-refractivity contribution in [3.63, 3.8) is 0 Å². The minimum Gasteiger partial charge on any atom is -0.385 e. The van der Waals surface area contributed by atoms with Crippen molar-refractivity contribution in [1.82, 2.24) is 0 Å². The smallest absolute Gasteiger partial charge is 0.229 e. The van der Waals surface area contributed by atoms with Crippen LogP contribution in [-0.2, 0) is 10.0 Å². The number of hydrogen-bond donors (Lipinski definition) is 2. The Bertz CT molecular complexity index is 512. The monoisotopic (exact) mass is 258 g/mol. The molecule has 0 radical (unpaired) electrons. The number of hydrogen-bond acceptors (Lipinski definition) is 3. The van der Waals surface area contributed by atoms with Gasteiger partial charge in [-0.15, -0.1) is 0 Å². The van der Waals surface area contributed by atoms with E-state index in [2.05, 4.69) is 10.0 Å². The SMILES string of the molecule is CS(=O)(=O)Nc1cc(NCC2CC2)ccc1F. The van der Waals surface area contributed by atoms with Gasteiger partial charge in [-0.1, -0.05) is 0 Å². The van der Waals surface area contributed by atoms with Crippen molar-refractivity contribution in [3.8, 4) is 0 Å². The van der Waals surface area contributed by atoms with Crippen molar-refractivity contribution in [2.24, 2.45) is 5.92 Å². The number of nitrogens with one attached hydrogen (secondary N) is 2. The quantitative estimate of drug-likeness (QED) is 0.849. The predicted molar refractivity (Wildman–Crippen MR) is 66.1 cm³/mol. The predicted octanol–water partition coefficient (Wildman–Crippen LogP) is 2.02. The van der Waals surface area contributed by atoms with Gasteiger partial charge in [0.25, 0.3) is 0 Å². The Hall–Kier alpha value is -1.30. The van der Waals surface area contributed by atoms with Crippen molar-refractivity contribution in [2.75, 3.05) is 22.8 Å². The third kappa shape index (κ3) is 3.89. The fraction of sp³-hybridized carbons (Fsp3) is 0.455. The van der Waals surface area contributed by atoms with Crippen LogP contribution in [-0.4, -0.2) is 21.2 Å². The Balaban J connectivity index is 2.10. The number of benzene rings is 1. The second-order valence-corrected chi connectivity index (χ2v) is 6.14. The van der Waals surface area contributed by atoms with Crippen molar-refractivity contribution >= 4 is 21.4 Å². The van der Waals surface area contributed by atoms with Gasteiger partial charge in [0.2, 0.25) is 10.0 Å². The Morgan fingerprint density at radius 3 is 2.71 bits per heavy atom. The fourth-order valence-corrected chi connectivity index (χ4v) is 2.05. The Morgan fingerprint density at radius 2 is 2.12 bits per heavy atom. The number of halogens is 1. The first-order valence-electron chi connectivity index (χ1n) is 5.45. The second kappa shape index (κ2) is 4.52. The first kappa shape index (κ1) is 12.2. The van der Waals surface area contributed by atoms with Crippen LogP contribution in [0.25, 0.3) is 0 Å². The maximum Gasteiger partial charge on any atom is 0.229 e. The highest BCUT2D eigenvalue weighted by Crippen LogP contribution is 2.29. The summed E-state index contributed by atoms with van der Waals surface area (Å²) in [6, 6.07) is 4.33. The molecule has 2 rings (SSSR count). The zero-order valence-electron chi connectivity index (χ0n) is 9.53. The molecule has 1 aromatic carbocycles. The maximum atomic E-state index is 13.4. The average molecular weight is 258 g/mol. The molecule has 17 heavy (non-hydrogen) atoms. The van der Waals surface area contributed by atoms with Crippen LogP contribution in [0.2, 0.25) is 0 Å². The highest BCUT2D eigenvalue weighted by atomic mass is 32.2. The lowest BCUT2D eigenvalue weighted by molar-refractivity contribution is 0.604. The summed E-state index contributed by atoms with van der Waals surface area (Å²) in [4.78, 5) is 0. The summed E-state index contributed by atoms with van der Waals surface area (Å²) in [6.45, 7) is 0.851. The zero-order chi connectivity index (χ0) is 12.5. The van der Waals surface area contributed by atoms with E-state index in [0.717, 1.165) is 18.5 Å². The van der Waals surface area contributed by atoms with Gasteiger partial charge < -0.3 is 5.32 Å². The summed E-state index contributed by atoms with van der Waals surface area (Å²) < 4.78 is 37.6. The molecule has 4 nitrogen and oxygen atoms in total. The number of rotatable bonds is 5. The molecule has 0 saturated heterocycles. The van der Waals surface area contributed by atoms with Crippen LogP contribution in [0.1, 0.15) is 12.8 Å². The van der Waals surface area contributed by atoms with Crippen molar-refractivity contribution in [2.45, 2.75) is 12.8 Å². The van der Waals surface area contributed by atoms with E-state index in [-0.39, 0.29) is 5.69 Å². The number of sulfonamides is 1. The molecule has 0 atom stereocenters. The zero-order valence-corrected chi connectivity index (χ0v) is 10.3. The van der Waals surface area contributed by atoms with Crippen molar-refractivity contribution in [1.29, 1.82) is 0 Å². The molecule has 0 aliphatic heterocycles. The molecule has 0 bridgehead atoms. The minimum absolute atomic E-state index is 0.0201. The van der Waals surface area contributed by atoms with E-state index in [1.807, 2.05) is 0 Å². The Morgan fingerprint density at radius 1 is 1.41 bits per heavy atom. The normalized spacial score (nSPS) is 15.6. The van der Waals surface area contributed by atoms with Gasteiger partial charge in [-0.05, 0) is 37.0 Å². The standard InChI is InChI=1S/C11H15FN2O2S/c1-17(15,16)14-11-6-9(4-5-10(11)12)13-7-8-2-3-8/h4-6,8,13-14H,2-3,7H2,1H3. The summed E-state index contributed by atoms with van der Waals surface area (Å²) in [5.74, 6) is 0.124. The van der Waals surface area contributed by atoms with Gasteiger partial charge in [-0.3, -0.25) is 4.72 Å². The number of anilines is 2. The van der Waals surface area contributed by atoms with E-state index < -0.39 is 15.8 Å². The van der Waals surface area contributed by atoms with Gasteiger partial charge in [0.05, 0.1) is 11.9 Å². The molecule has 94 valence electrons. The molecular weight excluding hydrogens is 243 g/mol. The van der Waals surface area contributed by atoms with Crippen molar-refractivity contribution < 1.29 is 12.8 Å². The van der Waals surface area contributed by atoms with Crippen LogP contribution in [0.15, 0.2) is 18.2 Å². The largest absolute Gasteiger partial charge is 0.385 e. The van der Waals surface area contributed by atoms with Gasteiger partial charge in [-0.2, -0.15) is 0 Å². The Labute approximate surface area is 100 Å². The summed E-state index contributed by atoms with van der Waals surface area (Å²) in [5.41, 5.74) is 0.706. The van der Waals surface area contributed by atoms with E-state index in [4.69, 9.17) is 0 Å².